The van der Waals surface area contributed by atoms with Crippen LogP contribution in [0.5, 0.6) is 11.5 Å². The van der Waals surface area contributed by atoms with Gasteiger partial charge in [0.25, 0.3) is 0 Å². The van der Waals surface area contributed by atoms with Crippen LogP contribution in [0.15, 0.2) is 42.5 Å². The number of benzene rings is 2. The van der Waals surface area contributed by atoms with Gasteiger partial charge >= 0.3 is 12.1 Å². The van der Waals surface area contributed by atoms with Crippen LogP contribution in [0.3, 0.4) is 0 Å². The third-order valence-electron chi connectivity index (χ3n) is 7.20. The molecule has 3 unspecified atom stereocenters. The lowest BCUT2D eigenvalue weighted by Gasteiger charge is -2.30. The molecule has 0 aromatic heterocycles. The van der Waals surface area contributed by atoms with Crippen LogP contribution in [0.2, 0.25) is 0 Å². The second-order valence-electron chi connectivity index (χ2n) is 11.0. The topological polar surface area (TPSA) is 85.3 Å². The molecule has 2 aromatic rings. The zero-order valence-corrected chi connectivity index (χ0v) is 21.8. The van der Waals surface area contributed by atoms with Gasteiger partial charge in [-0.3, -0.25) is 9.69 Å². The molecular formula is C29H37NO6. The van der Waals surface area contributed by atoms with Gasteiger partial charge in [0, 0.05) is 12.5 Å². The summed E-state index contributed by atoms with van der Waals surface area (Å²) in [5, 5.41) is 10.4. The van der Waals surface area contributed by atoms with Crippen LogP contribution in [-0.4, -0.2) is 47.9 Å². The van der Waals surface area contributed by atoms with Crippen LogP contribution in [0.25, 0.3) is 0 Å². The third-order valence-corrected chi connectivity index (χ3v) is 7.20. The number of carbonyl (C=O) groups excluding carboxylic acids is 1. The van der Waals surface area contributed by atoms with Crippen LogP contribution in [-0.2, 0) is 9.53 Å². The maximum absolute atomic E-state index is 13.3. The Morgan fingerprint density at radius 2 is 1.72 bits per heavy atom. The molecule has 1 aliphatic carbocycles. The van der Waals surface area contributed by atoms with E-state index in [1.54, 1.807) is 44.9 Å². The van der Waals surface area contributed by atoms with Crippen LogP contribution >= 0.6 is 0 Å². The molecule has 7 nitrogen and oxygen atoms in total. The first kappa shape index (κ1) is 25.9. The number of ether oxygens (including phenoxy) is 3. The summed E-state index contributed by atoms with van der Waals surface area (Å²) in [5.41, 5.74) is 1.87. The van der Waals surface area contributed by atoms with Crippen molar-refractivity contribution in [1.29, 1.82) is 0 Å². The molecule has 1 saturated carbocycles. The standard InChI is InChI=1S/C29H37NO6/c1-18-15-21(11-14-24(18)35-17-19-7-6-8-19)23-16-30(28(33)36-29(2,3)4)26(25(23)27(31)32)20-9-12-22(34-5)13-10-20/h9-15,19,23,25-26H,6-8,16-17H2,1-5H3,(H,31,32). The molecule has 2 fully saturated rings. The SMILES string of the molecule is COc1ccc(C2C(C(=O)O)C(c3ccc(OCC4CCC4)c(C)c3)CN2C(=O)OC(C)(C)C)cc1. The Labute approximate surface area is 213 Å². The average Bonchev–Trinajstić information content (AvgIpc) is 3.19. The number of carbonyl (C=O) groups is 2. The summed E-state index contributed by atoms with van der Waals surface area (Å²) in [4.78, 5) is 27.5. The van der Waals surface area contributed by atoms with Gasteiger partial charge in [0.05, 0.1) is 25.7 Å². The van der Waals surface area contributed by atoms with Gasteiger partial charge < -0.3 is 19.3 Å². The zero-order valence-electron chi connectivity index (χ0n) is 21.8. The summed E-state index contributed by atoms with van der Waals surface area (Å²) >= 11 is 0. The highest BCUT2D eigenvalue weighted by atomic mass is 16.6. The second kappa shape index (κ2) is 10.4. The molecule has 1 saturated heterocycles. The number of carboxylic acids is 1. The lowest BCUT2D eigenvalue weighted by molar-refractivity contribution is -0.143. The van der Waals surface area contributed by atoms with Crippen molar-refractivity contribution in [2.45, 2.75) is 64.5 Å². The van der Waals surface area contributed by atoms with Crippen LogP contribution in [0, 0.1) is 18.8 Å². The summed E-state index contributed by atoms with van der Waals surface area (Å²) in [6.07, 6.45) is 3.18. The number of rotatable bonds is 7. The monoisotopic (exact) mass is 495 g/mol. The maximum atomic E-state index is 13.3. The number of likely N-dealkylation sites (tertiary alicyclic amines) is 1. The Hall–Kier alpha value is -3.22. The molecule has 1 heterocycles. The molecule has 1 N–H and O–H groups in total. The van der Waals surface area contributed by atoms with E-state index in [0.717, 1.165) is 22.4 Å². The highest BCUT2D eigenvalue weighted by molar-refractivity contribution is 5.77. The third kappa shape index (κ3) is 5.61. The summed E-state index contributed by atoms with van der Waals surface area (Å²) in [7, 11) is 1.58. The van der Waals surface area contributed by atoms with Crippen molar-refractivity contribution in [2.24, 2.45) is 11.8 Å². The zero-order chi connectivity index (χ0) is 26.0. The van der Waals surface area contributed by atoms with Gasteiger partial charge in [0.2, 0.25) is 0 Å². The highest BCUT2D eigenvalue weighted by Crippen LogP contribution is 2.47. The molecule has 1 amide bonds. The van der Waals surface area contributed by atoms with Crippen molar-refractivity contribution in [3.8, 4) is 11.5 Å². The molecule has 0 spiro atoms. The fourth-order valence-electron chi connectivity index (χ4n) is 5.10. The van der Waals surface area contributed by atoms with E-state index in [9.17, 15) is 14.7 Å². The number of amides is 1. The van der Waals surface area contributed by atoms with Gasteiger partial charge in [-0.05, 0) is 81.3 Å². The first-order valence-electron chi connectivity index (χ1n) is 12.7. The predicted molar refractivity (Wildman–Crippen MR) is 137 cm³/mol. The van der Waals surface area contributed by atoms with Crippen molar-refractivity contribution in [3.05, 3.63) is 59.2 Å². The first-order valence-corrected chi connectivity index (χ1v) is 12.7. The molecule has 2 aromatic carbocycles. The molecule has 3 atom stereocenters. The normalized spacial score (nSPS) is 22.1. The van der Waals surface area contributed by atoms with Crippen molar-refractivity contribution in [1.82, 2.24) is 4.90 Å². The molecule has 194 valence electrons. The number of methoxy groups -OCH3 is 1. The number of hydrogen-bond donors (Lipinski definition) is 1. The van der Waals surface area contributed by atoms with Gasteiger partial charge in [0.15, 0.2) is 0 Å². The maximum Gasteiger partial charge on any atom is 0.410 e. The Morgan fingerprint density at radius 1 is 1.06 bits per heavy atom. The van der Waals surface area contributed by atoms with E-state index in [2.05, 4.69) is 0 Å². The van der Waals surface area contributed by atoms with E-state index < -0.39 is 35.5 Å². The summed E-state index contributed by atoms with van der Waals surface area (Å²) in [5.74, 6) is -0.0744. The number of nitrogens with zero attached hydrogens (tertiary/aromatic N) is 1. The molecule has 2 aliphatic rings. The molecule has 0 bridgehead atoms. The summed E-state index contributed by atoms with van der Waals surface area (Å²) < 4.78 is 17.0. The summed E-state index contributed by atoms with van der Waals surface area (Å²) in [6, 6.07) is 12.4. The fraction of sp³-hybridized carbons (Fsp3) is 0.517. The lowest BCUT2D eigenvalue weighted by Crippen LogP contribution is -2.38. The Morgan fingerprint density at radius 3 is 2.25 bits per heavy atom. The van der Waals surface area contributed by atoms with E-state index in [-0.39, 0.29) is 6.54 Å². The van der Waals surface area contributed by atoms with E-state index in [1.807, 2.05) is 37.3 Å². The molecule has 1 aliphatic heterocycles. The largest absolute Gasteiger partial charge is 0.497 e. The van der Waals surface area contributed by atoms with E-state index in [4.69, 9.17) is 14.2 Å². The minimum absolute atomic E-state index is 0.240. The minimum atomic E-state index is -0.949. The van der Waals surface area contributed by atoms with Gasteiger partial charge in [-0.1, -0.05) is 30.7 Å². The second-order valence-corrected chi connectivity index (χ2v) is 11.0. The number of aliphatic carboxylic acids is 1. The van der Waals surface area contributed by atoms with Gasteiger partial charge in [-0.25, -0.2) is 4.79 Å². The van der Waals surface area contributed by atoms with Crippen LogP contribution < -0.4 is 9.47 Å². The molecule has 7 heteroatoms. The van der Waals surface area contributed by atoms with Crippen LogP contribution in [0.4, 0.5) is 4.79 Å². The average molecular weight is 496 g/mol. The van der Waals surface area contributed by atoms with Gasteiger partial charge in [-0.15, -0.1) is 0 Å². The molecular weight excluding hydrogens is 458 g/mol. The Balaban J connectivity index is 1.67. The number of carboxylic acid groups (broad SMARTS) is 1. The van der Waals surface area contributed by atoms with E-state index >= 15 is 0 Å². The number of hydrogen-bond acceptors (Lipinski definition) is 5. The van der Waals surface area contributed by atoms with Crippen molar-refractivity contribution >= 4 is 12.1 Å². The van der Waals surface area contributed by atoms with E-state index in [1.165, 1.54) is 19.3 Å². The predicted octanol–water partition coefficient (Wildman–Crippen LogP) is 5.96. The Kier molecular flexibility index (Phi) is 7.48. The highest BCUT2D eigenvalue weighted by Gasteiger charge is 2.50. The van der Waals surface area contributed by atoms with Gasteiger partial charge in [0.1, 0.15) is 17.1 Å². The smallest absolute Gasteiger partial charge is 0.410 e. The summed E-state index contributed by atoms with van der Waals surface area (Å²) in [6.45, 7) is 8.36. The lowest BCUT2D eigenvalue weighted by atomic mass is 9.82. The van der Waals surface area contributed by atoms with Crippen molar-refractivity contribution in [2.75, 3.05) is 20.3 Å². The van der Waals surface area contributed by atoms with E-state index in [0.29, 0.717) is 18.3 Å². The van der Waals surface area contributed by atoms with Crippen molar-refractivity contribution < 1.29 is 28.9 Å². The number of aryl methyl sites for hydroxylation is 1. The van der Waals surface area contributed by atoms with Crippen molar-refractivity contribution in [3.63, 3.8) is 0 Å². The molecule has 0 radical (unpaired) electrons. The molecule has 4 rings (SSSR count). The minimum Gasteiger partial charge on any atom is -0.497 e. The molecule has 36 heavy (non-hydrogen) atoms. The van der Waals surface area contributed by atoms with Crippen LogP contribution in [0.1, 0.15) is 68.7 Å². The quantitative estimate of drug-likeness (QED) is 0.510. The first-order chi connectivity index (χ1) is 17.1. The fourth-order valence-corrected chi connectivity index (χ4v) is 5.10. The van der Waals surface area contributed by atoms with Gasteiger partial charge in [-0.2, -0.15) is 0 Å². The Bertz CT molecular complexity index is 1090.